The van der Waals surface area contributed by atoms with Crippen LogP contribution in [0.25, 0.3) is 0 Å². The number of ether oxygens (including phenoxy) is 1. The van der Waals surface area contributed by atoms with Crippen molar-refractivity contribution in [3.8, 4) is 6.07 Å². The number of piperazine rings is 1. The molecule has 2 amide bonds. The number of halogens is 2. The molecule has 4 rings (SSSR count). The number of carbonyl (C=O) groups is 1. The highest BCUT2D eigenvalue weighted by Gasteiger charge is 2.22. The van der Waals surface area contributed by atoms with Gasteiger partial charge in [0.25, 0.3) is 0 Å². The normalized spacial score (nSPS) is 14.0. The molecule has 0 bridgehead atoms. The Labute approximate surface area is 222 Å². The van der Waals surface area contributed by atoms with Gasteiger partial charge in [-0.15, -0.1) is 0 Å². The van der Waals surface area contributed by atoms with Gasteiger partial charge in [-0.05, 0) is 53.9 Å². The maximum Gasteiger partial charge on any atom is 0.321 e. The zero-order valence-corrected chi connectivity index (χ0v) is 21.4. The fourth-order valence-corrected chi connectivity index (χ4v) is 4.46. The van der Waals surface area contributed by atoms with Crippen LogP contribution in [0.1, 0.15) is 29.2 Å². The van der Waals surface area contributed by atoms with Crippen molar-refractivity contribution in [2.45, 2.75) is 12.5 Å². The number of anilines is 1. The molecule has 1 N–H and O–H groups in total. The number of amides is 2. The van der Waals surface area contributed by atoms with Crippen molar-refractivity contribution < 1.29 is 9.53 Å². The molecule has 8 heteroatoms. The standard InChI is InChI=1S/C28H28Cl2N4O2/c29-24-10-6-21(7-11-24)27(22-8-12-25(30)13-9-22)36-19-3-14-33-15-17-34(18-16-33)28(35)32-26-5-2-1-4-23(26)20-31/h1-2,4-13,27H,3,14-19H2,(H,32,35). The minimum atomic E-state index is -0.198. The lowest BCUT2D eigenvalue weighted by molar-refractivity contribution is 0.0670. The van der Waals surface area contributed by atoms with Gasteiger partial charge in [-0.3, -0.25) is 4.90 Å². The molecule has 0 atom stereocenters. The lowest BCUT2D eigenvalue weighted by Crippen LogP contribution is -2.50. The summed E-state index contributed by atoms with van der Waals surface area (Å²) in [6.07, 6.45) is 0.677. The van der Waals surface area contributed by atoms with Gasteiger partial charge in [0, 0.05) is 49.4 Å². The predicted molar refractivity (Wildman–Crippen MR) is 144 cm³/mol. The Bertz CT molecular complexity index is 1140. The van der Waals surface area contributed by atoms with Crippen LogP contribution in [0, 0.1) is 11.3 Å². The molecule has 3 aromatic carbocycles. The van der Waals surface area contributed by atoms with E-state index >= 15 is 0 Å². The average molecular weight is 523 g/mol. The van der Waals surface area contributed by atoms with E-state index in [-0.39, 0.29) is 12.1 Å². The third-order valence-corrected chi connectivity index (χ3v) is 6.70. The molecule has 3 aromatic rings. The Kier molecular flexibility index (Phi) is 9.21. The summed E-state index contributed by atoms with van der Waals surface area (Å²) in [4.78, 5) is 16.8. The molecular formula is C28H28Cl2N4O2. The first kappa shape index (κ1) is 26.0. The van der Waals surface area contributed by atoms with Gasteiger partial charge in [-0.25, -0.2) is 4.79 Å². The maximum absolute atomic E-state index is 12.6. The Morgan fingerprint density at radius 2 is 1.50 bits per heavy atom. The quantitative estimate of drug-likeness (QED) is 0.357. The number of para-hydroxylation sites is 1. The molecule has 0 spiro atoms. The van der Waals surface area contributed by atoms with Crippen LogP contribution in [-0.2, 0) is 4.74 Å². The van der Waals surface area contributed by atoms with Gasteiger partial charge in [0.1, 0.15) is 12.2 Å². The van der Waals surface area contributed by atoms with E-state index in [1.54, 1.807) is 29.2 Å². The third kappa shape index (κ3) is 6.99. The summed E-state index contributed by atoms with van der Waals surface area (Å²) in [5, 5.41) is 13.5. The molecule has 0 radical (unpaired) electrons. The molecule has 0 aliphatic carbocycles. The average Bonchev–Trinajstić information content (AvgIpc) is 2.91. The molecular weight excluding hydrogens is 495 g/mol. The van der Waals surface area contributed by atoms with Crippen molar-refractivity contribution >= 4 is 34.9 Å². The maximum atomic E-state index is 12.6. The number of nitrogens with one attached hydrogen (secondary N) is 1. The fraction of sp³-hybridized carbons (Fsp3) is 0.286. The zero-order valence-electron chi connectivity index (χ0n) is 19.9. The van der Waals surface area contributed by atoms with E-state index in [2.05, 4.69) is 16.3 Å². The third-order valence-electron chi connectivity index (χ3n) is 6.20. The first-order valence-electron chi connectivity index (χ1n) is 11.9. The van der Waals surface area contributed by atoms with Gasteiger partial charge >= 0.3 is 6.03 Å². The summed E-state index contributed by atoms with van der Waals surface area (Å²) in [5.41, 5.74) is 3.08. The molecule has 1 saturated heterocycles. The first-order valence-corrected chi connectivity index (χ1v) is 12.7. The fourth-order valence-electron chi connectivity index (χ4n) is 4.21. The number of hydrogen-bond donors (Lipinski definition) is 1. The molecule has 1 fully saturated rings. The van der Waals surface area contributed by atoms with E-state index in [1.807, 2.05) is 48.5 Å². The number of nitriles is 1. The Morgan fingerprint density at radius 3 is 2.08 bits per heavy atom. The van der Waals surface area contributed by atoms with Crippen LogP contribution in [-0.4, -0.2) is 55.2 Å². The van der Waals surface area contributed by atoms with Crippen molar-refractivity contribution in [1.82, 2.24) is 9.80 Å². The minimum absolute atomic E-state index is 0.172. The molecule has 0 unspecified atom stereocenters. The first-order chi connectivity index (χ1) is 17.5. The van der Waals surface area contributed by atoms with Gasteiger partial charge in [-0.2, -0.15) is 5.26 Å². The van der Waals surface area contributed by atoms with E-state index in [0.717, 1.165) is 37.2 Å². The van der Waals surface area contributed by atoms with Gasteiger partial charge in [0.15, 0.2) is 0 Å². The summed E-state index contributed by atoms with van der Waals surface area (Å²) in [6.45, 7) is 4.36. The van der Waals surface area contributed by atoms with Crippen molar-refractivity contribution in [2.75, 3.05) is 44.6 Å². The van der Waals surface area contributed by atoms with Crippen molar-refractivity contribution in [3.05, 3.63) is 99.5 Å². The van der Waals surface area contributed by atoms with Gasteiger partial charge < -0.3 is 15.0 Å². The number of nitrogens with zero attached hydrogens (tertiary/aromatic N) is 3. The Balaban J connectivity index is 1.24. The number of benzene rings is 3. The summed E-state index contributed by atoms with van der Waals surface area (Å²) < 4.78 is 6.32. The minimum Gasteiger partial charge on any atom is -0.369 e. The number of carbonyl (C=O) groups excluding carboxylic acids is 1. The van der Waals surface area contributed by atoms with E-state index < -0.39 is 0 Å². The SMILES string of the molecule is N#Cc1ccccc1NC(=O)N1CCN(CCCOC(c2ccc(Cl)cc2)c2ccc(Cl)cc2)CC1. The Morgan fingerprint density at radius 1 is 0.917 bits per heavy atom. The lowest BCUT2D eigenvalue weighted by atomic mass is 10.0. The van der Waals surface area contributed by atoms with Crippen molar-refractivity contribution in [2.24, 2.45) is 0 Å². The zero-order chi connectivity index (χ0) is 25.3. The van der Waals surface area contributed by atoms with Crippen molar-refractivity contribution in [3.63, 3.8) is 0 Å². The van der Waals surface area contributed by atoms with Crippen LogP contribution in [0.15, 0.2) is 72.8 Å². The molecule has 36 heavy (non-hydrogen) atoms. The molecule has 6 nitrogen and oxygen atoms in total. The van der Waals surface area contributed by atoms with Crippen LogP contribution in [0.2, 0.25) is 10.0 Å². The predicted octanol–water partition coefficient (Wildman–Crippen LogP) is 6.21. The smallest absolute Gasteiger partial charge is 0.321 e. The molecule has 0 aromatic heterocycles. The van der Waals surface area contributed by atoms with Crippen LogP contribution in [0.4, 0.5) is 10.5 Å². The highest BCUT2D eigenvalue weighted by Crippen LogP contribution is 2.28. The number of hydrogen-bond acceptors (Lipinski definition) is 4. The van der Waals surface area contributed by atoms with Crippen molar-refractivity contribution in [1.29, 1.82) is 5.26 Å². The second-order valence-electron chi connectivity index (χ2n) is 8.62. The Hall–Kier alpha value is -3.08. The van der Waals surface area contributed by atoms with Crippen LogP contribution < -0.4 is 5.32 Å². The largest absolute Gasteiger partial charge is 0.369 e. The second kappa shape index (κ2) is 12.8. The van der Waals surface area contributed by atoms with E-state index in [1.165, 1.54) is 0 Å². The molecule has 186 valence electrons. The van der Waals surface area contributed by atoms with E-state index in [4.69, 9.17) is 27.9 Å². The molecule has 1 aliphatic rings. The number of urea groups is 1. The summed E-state index contributed by atoms with van der Waals surface area (Å²) >= 11 is 12.1. The van der Waals surface area contributed by atoms with Gasteiger partial charge in [0.05, 0.1) is 11.3 Å². The highest BCUT2D eigenvalue weighted by molar-refractivity contribution is 6.30. The summed E-state index contributed by atoms with van der Waals surface area (Å²) in [7, 11) is 0. The monoisotopic (exact) mass is 522 g/mol. The van der Waals surface area contributed by atoms with E-state index in [9.17, 15) is 10.1 Å². The van der Waals surface area contributed by atoms with E-state index in [0.29, 0.717) is 41.0 Å². The van der Waals surface area contributed by atoms with Crippen LogP contribution in [0.3, 0.4) is 0 Å². The highest BCUT2D eigenvalue weighted by atomic mass is 35.5. The summed E-state index contributed by atoms with van der Waals surface area (Å²) in [6, 6.07) is 24.4. The van der Waals surface area contributed by atoms with Gasteiger partial charge in [0.2, 0.25) is 0 Å². The lowest BCUT2D eigenvalue weighted by Gasteiger charge is -2.34. The summed E-state index contributed by atoms with van der Waals surface area (Å²) in [5.74, 6) is 0. The molecule has 1 heterocycles. The topological polar surface area (TPSA) is 68.6 Å². The number of rotatable bonds is 8. The molecule has 0 saturated carbocycles. The van der Waals surface area contributed by atoms with Gasteiger partial charge in [-0.1, -0.05) is 59.6 Å². The van der Waals surface area contributed by atoms with Crippen LogP contribution >= 0.6 is 23.2 Å². The second-order valence-corrected chi connectivity index (χ2v) is 9.50. The van der Waals surface area contributed by atoms with Crippen LogP contribution in [0.5, 0.6) is 0 Å². The molecule has 1 aliphatic heterocycles.